The predicted molar refractivity (Wildman–Crippen MR) is 243 cm³/mol. The first-order chi connectivity index (χ1) is 28.3. The van der Waals surface area contributed by atoms with Crippen molar-refractivity contribution < 1.29 is 4.42 Å². The van der Waals surface area contributed by atoms with E-state index in [0.29, 0.717) is 0 Å². The molecular weight excluding hydrogens is 689 g/mol. The monoisotopic (exact) mass is 722 g/mol. The van der Waals surface area contributed by atoms with Gasteiger partial charge in [-0.15, -0.1) is 0 Å². The van der Waals surface area contributed by atoms with Crippen molar-refractivity contribution in [2.75, 3.05) is 0 Å². The van der Waals surface area contributed by atoms with Crippen LogP contribution < -0.4 is 0 Å². The van der Waals surface area contributed by atoms with Gasteiger partial charge in [-0.1, -0.05) is 188 Å². The maximum Gasteiger partial charge on any atom is 0.136 e. The molecule has 57 heavy (non-hydrogen) atoms. The predicted octanol–water partition coefficient (Wildman–Crippen LogP) is 16.0. The molecule has 0 aliphatic rings. The molecule has 0 unspecified atom stereocenters. The summed E-state index contributed by atoms with van der Waals surface area (Å²) in [4.78, 5) is 0. The number of fused-ring (bicyclic) bond motifs is 11. The molecule has 0 N–H and O–H groups in total. The van der Waals surface area contributed by atoms with Crippen molar-refractivity contribution >= 4 is 75.8 Å². The Morgan fingerprint density at radius 2 is 0.719 bits per heavy atom. The lowest BCUT2D eigenvalue weighted by Crippen LogP contribution is -1.95. The Morgan fingerprint density at radius 1 is 0.228 bits per heavy atom. The number of hydrogen-bond acceptors (Lipinski definition) is 1. The summed E-state index contributed by atoms with van der Waals surface area (Å²) < 4.78 is 6.52. The van der Waals surface area contributed by atoms with Crippen molar-refractivity contribution in [3.8, 4) is 44.5 Å². The molecule has 0 fully saturated rings. The molecule has 0 radical (unpaired) electrons. The Hall–Kier alpha value is -7.48. The van der Waals surface area contributed by atoms with Gasteiger partial charge in [-0.3, -0.25) is 0 Å². The van der Waals surface area contributed by atoms with Gasteiger partial charge in [-0.05, 0) is 117 Å². The van der Waals surface area contributed by atoms with Crippen molar-refractivity contribution in [1.29, 1.82) is 0 Å². The largest absolute Gasteiger partial charge is 0.456 e. The van der Waals surface area contributed by atoms with E-state index in [-0.39, 0.29) is 0 Å². The van der Waals surface area contributed by atoms with Gasteiger partial charge in [0, 0.05) is 10.8 Å². The molecule has 0 aliphatic carbocycles. The van der Waals surface area contributed by atoms with Crippen LogP contribution in [-0.2, 0) is 0 Å². The molecule has 12 aromatic rings. The normalized spacial score (nSPS) is 11.9. The molecule has 1 heteroatoms. The summed E-state index contributed by atoms with van der Waals surface area (Å²) in [7, 11) is 0. The molecule has 0 amide bonds. The van der Waals surface area contributed by atoms with Crippen LogP contribution in [0, 0.1) is 0 Å². The van der Waals surface area contributed by atoms with Crippen molar-refractivity contribution in [1.82, 2.24) is 0 Å². The summed E-state index contributed by atoms with van der Waals surface area (Å²) in [5.41, 5.74) is 11.5. The summed E-state index contributed by atoms with van der Waals surface area (Å²) >= 11 is 0. The van der Waals surface area contributed by atoms with Gasteiger partial charge in [0.2, 0.25) is 0 Å². The number of benzene rings is 11. The van der Waals surface area contributed by atoms with Crippen LogP contribution >= 0.6 is 0 Å². The van der Waals surface area contributed by atoms with E-state index in [9.17, 15) is 0 Å². The van der Waals surface area contributed by atoms with Crippen LogP contribution in [0.15, 0.2) is 211 Å². The quantitative estimate of drug-likeness (QED) is 0.130. The highest BCUT2D eigenvalue weighted by Crippen LogP contribution is 2.51. The molecule has 1 aromatic heterocycles. The zero-order valence-corrected chi connectivity index (χ0v) is 31.0. The molecule has 0 saturated heterocycles. The summed E-state index contributed by atoms with van der Waals surface area (Å²) in [6.45, 7) is 0. The zero-order valence-electron chi connectivity index (χ0n) is 31.0. The molecule has 11 aromatic carbocycles. The third kappa shape index (κ3) is 4.76. The van der Waals surface area contributed by atoms with Crippen LogP contribution in [0.25, 0.3) is 120 Å². The van der Waals surface area contributed by atoms with Gasteiger partial charge < -0.3 is 4.42 Å². The SMILES string of the molecule is c1ccc(-c2ccc3c4ccccc4c4ccccc4c3c2-c2c3ccccc3c(-c3ccc4oc5cccc(-c6ccccc6)c5c4c3)c3ccccc23)cc1. The Kier molecular flexibility index (Phi) is 7.00. The molecule has 12 rings (SSSR count). The highest BCUT2D eigenvalue weighted by Gasteiger charge is 2.24. The lowest BCUT2D eigenvalue weighted by atomic mass is 9.80. The van der Waals surface area contributed by atoms with Gasteiger partial charge >= 0.3 is 0 Å². The standard InChI is InChI=1S/C56H34O/c1-3-16-35(17-4-1)38-28-15-29-51-53(38)49-34-37(30-33-50(49)57-51)52-44-24-11-13-26-46(44)55(47-27-14-12-25-45(47)52)56-39(36-18-5-2-6-19-36)31-32-48-42-22-8-7-20-40(42)41-21-9-10-23-43(41)54(48)56/h1-34H. The van der Waals surface area contributed by atoms with Gasteiger partial charge in [-0.2, -0.15) is 0 Å². The summed E-state index contributed by atoms with van der Waals surface area (Å²) in [6.07, 6.45) is 0. The fraction of sp³-hybridized carbons (Fsp3) is 0. The average molecular weight is 723 g/mol. The second-order valence-electron chi connectivity index (χ2n) is 15.1. The molecular formula is C56H34O. The molecule has 0 saturated carbocycles. The molecule has 0 atom stereocenters. The van der Waals surface area contributed by atoms with Crippen molar-refractivity contribution in [3.05, 3.63) is 206 Å². The maximum absolute atomic E-state index is 6.52. The van der Waals surface area contributed by atoms with Gasteiger partial charge in [0.25, 0.3) is 0 Å². The van der Waals surface area contributed by atoms with Crippen LogP contribution in [0.1, 0.15) is 0 Å². The summed E-state index contributed by atoms with van der Waals surface area (Å²) in [5.74, 6) is 0. The van der Waals surface area contributed by atoms with E-state index in [0.717, 1.165) is 21.9 Å². The minimum Gasteiger partial charge on any atom is -0.456 e. The average Bonchev–Trinajstić information content (AvgIpc) is 3.67. The van der Waals surface area contributed by atoms with Crippen molar-refractivity contribution in [3.63, 3.8) is 0 Å². The van der Waals surface area contributed by atoms with Crippen LogP contribution in [0.2, 0.25) is 0 Å². The van der Waals surface area contributed by atoms with Crippen molar-refractivity contribution in [2.45, 2.75) is 0 Å². The highest BCUT2D eigenvalue weighted by atomic mass is 16.3. The summed E-state index contributed by atoms with van der Waals surface area (Å²) in [6, 6.07) is 75.3. The Labute approximate surface area is 329 Å². The number of furan rings is 1. The highest BCUT2D eigenvalue weighted by molar-refractivity contribution is 6.33. The van der Waals surface area contributed by atoms with E-state index >= 15 is 0 Å². The van der Waals surface area contributed by atoms with Crippen LogP contribution in [0.4, 0.5) is 0 Å². The van der Waals surface area contributed by atoms with E-state index in [4.69, 9.17) is 4.42 Å². The molecule has 1 heterocycles. The minimum absolute atomic E-state index is 0.893. The topological polar surface area (TPSA) is 13.1 Å². The Morgan fingerprint density at radius 3 is 1.33 bits per heavy atom. The zero-order chi connectivity index (χ0) is 37.5. The molecule has 0 bridgehead atoms. The number of hydrogen-bond donors (Lipinski definition) is 0. The van der Waals surface area contributed by atoms with Gasteiger partial charge in [0.15, 0.2) is 0 Å². The molecule has 0 aliphatic heterocycles. The second-order valence-corrected chi connectivity index (χ2v) is 15.1. The summed E-state index contributed by atoms with van der Waals surface area (Å²) in [5, 5.41) is 14.8. The molecule has 264 valence electrons. The van der Waals surface area contributed by atoms with E-state index < -0.39 is 0 Å². The lowest BCUT2D eigenvalue weighted by molar-refractivity contribution is 0.669. The first-order valence-corrected chi connectivity index (χ1v) is 19.7. The Balaban J connectivity index is 1.23. The van der Waals surface area contributed by atoms with Gasteiger partial charge in [0.05, 0.1) is 0 Å². The Bertz CT molecular complexity index is 3460. The van der Waals surface area contributed by atoms with Crippen LogP contribution in [-0.4, -0.2) is 0 Å². The lowest BCUT2D eigenvalue weighted by Gasteiger charge is -2.23. The number of rotatable bonds is 4. The maximum atomic E-state index is 6.52. The van der Waals surface area contributed by atoms with E-state index in [1.165, 1.54) is 98.4 Å². The van der Waals surface area contributed by atoms with Crippen LogP contribution in [0.3, 0.4) is 0 Å². The molecule has 1 nitrogen and oxygen atoms in total. The van der Waals surface area contributed by atoms with Crippen LogP contribution in [0.5, 0.6) is 0 Å². The van der Waals surface area contributed by atoms with Crippen molar-refractivity contribution in [2.24, 2.45) is 0 Å². The first kappa shape index (κ1) is 31.8. The van der Waals surface area contributed by atoms with E-state index in [1.807, 2.05) is 0 Å². The third-order valence-electron chi connectivity index (χ3n) is 12.0. The second kappa shape index (κ2) is 12.5. The third-order valence-corrected chi connectivity index (χ3v) is 12.0. The first-order valence-electron chi connectivity index (χ1n) is 19.7. The van der Waals surface area contributed by atoms with Gasteiger partial charge in [0.1, 0.15) is 11.2 Å². The minimum atomic E-state index is 0.893. The van der Waals surface area contributed by atoms with E-state index in [1.54, 1.807) is 0 Å². The molecule has 0 spiro atoms. The van der Waals surface area contributed by atoms with Gasteiger partial charge in [-0.25, -0.2) is 0 Å². The fourth-order valence-corrected chi connectivity index (χ4v) is 9.66. The fourth-order valence-electron chi connectivity index (χ4n) is 9.66. The van der Waals surface area contributed by atoms with E-state index in [2.05, 4.69) is 206 Å². The smallest absolute Gasteiger partial charge is 0.136 e.